The molecule has 0 bridgehead atoms. The minimum atomic E-state index is -0.399. The Balaban J connectivity index is 1.91. The van der Waals surface area contributed by atoms with Crippen molar-refractivity contribution < 1.29 is 18.3 Å². The number of fused-ring (bicyclic) bond motifs is 1. The van der Waals surface area contributed by atoms with Crippen molar-refractivity contribution in [1.29, 1.82) is 0 Å². The third kappa shape index (κ3) is 2.66. The van der Waals surface area contributed by atoms with Crippen molar-refractivity contribution in [3.05, 3.63) is 58.7 Å². The third-order valence-corrected chi connectivity index (χ3v) is 3.68. The summed E-state index contributed by atoms with van der Waals surface area (Å²) < 4.78 is 32.5. The van der Waals surface area contributed by atoms with Crippen LogP contribution in [-0.4, -0.2) is 12.5 Å². The number of ether oxygens (including phenoxy) is 1. The van der Waals surface area contributed by atoms with Crippen LogP contribution in [0.1, 0.15) is 27.9 Å². The molecule has 3 rings (SSSR count). The topological polar surface area (TPSA) is 38.3 Å². The van der Waals surface area contributed by atoms with E-state index < -0.39 is 5.91 Å². The van der Waals surface area contributed by atoms with Gasteiger partial charge in [-0.3, -0.25) is 4.79 Å². The monoisotopic (exact) mass is 303 g/mol. The van der Waals surface area contributed by atoms with E-state index in [1.165, 1.54) is 24.3 Å². The molecule has 0 fully saturated rings. The minimum Gasteiger partial charge on any atom is -0.492 e. The van der Waals surface area contributed by atoms with Crippen LogP contribution in [0, 0.1) is 18.6 Å². The summed E-state index contributed by atoms with van der Waals surface area (Å²) in [5.41, 5.74) is 1.65. The average Bonchev–Trinajstić information content (AvgIpc) is 2.51. The highest BCUT2D eigenvalue weighted by Crippen LogP contribution is 2.31. The zero-order valence-corrected chi connectivity index (χ0v) is 12.1. The maximum atomic E-state index is 13.8. The second kappa shape index (κ2) is 5.75. The summed E-state index contributed by atoms with van der Waals surface area (Å²) in [7, 11) is 0. The van der Waals surface area contributed by atoms with Crippen molar-refractivity contribution in [2.45, 2.75) is 19.8 Å². The van der Waals surface area contributed by atoms with Crippen LogP contribution in [0.5, 0.6) is 5.75 Å². The predicted octanol–water partition coefficient (Wildman–Crippen LogP) is 3.85. The zero-order chi connectivity index (χ0) is 15.7. The fourth-order valence-electron chi connectivity index (χ4n) is 2.52. The lowest BCUT2D eigenvalue weighted by Gasteiger charge is -2.20. The molecule has 5 heteroatoms. The van der Waals surface area contributed by atoms with E-state index in [4.69, 9.17) is 4.74 Å². The zero-order valence-electron chi connectivity index (χ0n) is 12.1. The number of rotatable bonds is 2. The van der Waals surface area contributed by atoms with Crippen LogP contribution in [0.15, 0.2) is 30.3 Å². The molecule has 2 aromatic rings. The van der Waals surface area contributed by atoms with E-state index in [-0.39, 0.29) is 17.2 Å². The number of carbonyl (C=O) groups is 1. The number of halogens is 2. The van der Waals surface area contributed by atoms with Crippen molar-refractivity contribution >= 4 is 11.6 Å². The third-order valence-electron chi connectivity index (χ3n) is 3.68. The summed E-state index contributed by atoms with van der Waals surface area (Å²) >= 11 is 0. The van der Waals surface area contributed by atoms with Gasteiger partial charge in [0.15, 0.2) is 0 Å². The second-order valence-electron chi connectivity index (χ2n) is 5.27. The number of benzene rings is 2. The molecule has 1 N–H and O–H groups in total. The van der Waals surface area contributed by atoms with E-state index in [2.05, 4.69) is 5.32 Å². The molecule has 22 heavy (non-hydrogen) atoms. The van der Waals surface area contributed by atoms with Crippen molar-refractivity contribution in [1.82, 2.24) is 0 Å². The van der Waals surface area contributed by atoms with E-state index in [9.17, 15) is 13.6 Å². The molecule has 0 atom stereocenters. The summed E-state index contributed by atoms with van der Waals surface area (Å²) in [6.07, 6.45) is 1.28. The summed E-state index contributed by atoms with van der Waals surface area (Å²) in [6.45, 7) is 2.08. The molecular formula is C17H15F2NO2. The quantitative estimate of drug-likeness (QED) is 0.915. The number of amides is 1. The Morgan fingerprint density at radius 2 is 1.95 bits per heavy atom. The fraction of sp³-hybridized carbons (Fsp3) is 0.235. The first kappa shape index (κ1) is 14.5. The van der Waals surface area contributed by atoms with Crippen molar-refractivity contribution in [3.63, 3.8) is 0 Å². The summed E-state index contributed by atoms with van der Waals surface area (Å²) in [5, 5.41) is 2.69. The van der Waals surface area contributed by atoms with Crippen LogP contribution in [0.25, 0.3) is 0 Å². The van der Waals surface area contributed by atoms with Crippen molar-refractivity contribution in [3.8, 4) is 5.75 Å². The molecule has 3 nitrogen and oxygen atoms in total. The van der Waals surface area contributed by atoms with Gasteiger partial charge in [0.2, 0.25) is 0 Å². The van der Waals surface area contributed by atoms with Gasteiger partial charge in [0.1, 0.15) is 17.4 Å². The molecule has 1 aliphatic rings. The van der Waals surface area contributed by atoms with E-state index in [1.54, 1.807) is 13.0 Å². The van der Waals surface area contributed by atoms with Gasteiger partial charge >= 0.3 is 0 Å². The largest absolute Gasteiger partial charge is 0.492 e. The van der Waals surface area contributed by atoms with Crippen LogP contribution in [-0.2, 0) is 6.42 Å². The normalized spacial score (nSPS) is 13.2. The molecule has 114 valence electrons. The highest BCUT2D eigenvalue weighted by molar-refractivity contribution is 6.06. The molecule has 0 unspecified atom stereocenters. The van der Waals surface area contributed by atoms with Crippen LogP contribution < -0.4 is 10.1 Å². The first-order chi connectivity index (χ1) is 10.6. The highest BCUT2D eigenvalue weighted by atomic mass is 19.1. The maximum Gasteiger partial charge on any atom is 0.259 e. The Labute approximate surface area is 126 Å². The molecule has 0 spiro atoms. The number of hydrogen-bond acceptors (Lipinski definition) is 2. The summed E-state index contributed by atoms with van der Waals surface area (Å²) in [5.74, 6) is -0.781. The van der Waals surface area contributed by atoms with E-state index >= 15 is 0 Å². The Kier molecular flexibility index (Phi) is 3.79. The summed E-state index contributed by atoms with van der Waals surface area (Å²) in [4.78, 5) is 12.4. The average molecular weight is 303 g/mol. The molecule has 0 aliphatic carbocycles. The smallest absolute Gasteiger partial charge is 0.259 e. The van der Waals surface area contributed by atoms with E-state index in [1.807, 2.05) is 0 Å². The van der Waals surface area contributed by atoms with Crippen molar-refractivity contribution in [2.24, 2.45) is 0 Å². The van der Waals surface area contributed by atoms with Gasteiger partial charge in [-0.25, -0.2) is 8.78 Å². The standard InChI is InChI=1S/C17H15F2NO2/c1-10-9-11(4-6-14(10)18)20-17(21)13-5-7-15(19)12-3-2-8-22-16(12)13/h4-7,9H,2-3,8H2,1H3,(H,20,21). The predicted molar refractivity (Wildman–Crippen MR) is 79.3 cm³/mol. The maximum absolute atomic E-state index is 13.8. The van der Waals surface area contributed by atoms with Gasteiger partial charge in [-0.15, -0.1) is 0 Å². The van der Waals surface area contributed by atoms with Gasteiger partial charge in [0.05, 0.1) is 12.2 Å². The van der Waals surface area contributed by atoms with Gasteiger partial charge in [0.25, 0.3) is 5.91 Å². The number of nitrogens with one attached hydrogen (secondary N) is 1. The van der Waals surface area contributed by atoms with Crippen LogP contribution in [0.2, 0.25) is 0 Å². The number of hydrogen-bond donors (Lipinski definition) is 1. The number of anilines is 1. The van der Waals surface area contributed by atoms with Crippen LogP contribution in [0.3, 0.4) is 0 Å². The fourth-order valence-corrected chi connectivity index (χ4v) is 2.52. The molecule has 0 saturated heterocycles. The molecule has 0 aromatic heterocycles. The number of aryl methyl sites for hydroxylation is 1. The Morgan fingerprint density at radius 3 is 2.73 bits per heavy atom. The van der Waals surface area contributed by atoms with E-state index in [0.717, 1.165) is 6.42 Å². The van der Waals surface area contributed by atoms with Crippen LogP contribution in [0.4, 0.5) is 14.5 Å². The molecule has 1 heterocycles. The number of carbonyl (C=O) groups excluding carboxylic acids is 1. The lowest BCUT2D eigenvalue weighted by molar-refractivity contribution is 0.102. The summed E-state index contributed by atoms with van der Waals surface area (Å²) in [6, 6.07) is 7.01. The SMILES string of the molecule is Cc1cc(NC(=O)c2ccc(F)c3c2OCCC3)ccc1F. The highest BCUT2D eigenvalue weighted by Gasteiger charge is 2.22. The van der Waals surface area contributed by atoms with Gasteiger partial charge in [-0.1, -0.05) is 0 Å². The molecule has 1 amide bonds. The van der Waals surface area contributed by atoms with E-state index in [0.29, 0.717) is 35.6 Å². The van der Waals surface area contributed by atoms with Gasteiger partial charge in [0, 0.05) is 11.3 Å². The second-order valence-corrected chi connectivity index (χ2v) is 5.27. The minimum absolute atomic E-state index is 0.290. The van der Waals surface area contributed by atoms with Gasteiger partial charge < -0.3 is 10.1 Å². The first-order valence-corrected chi connectivity index (χ1v) is 7.08. The molecule has 1 aliphatic heterocycles. The molecule has 2 aromatic carbocycles. The Hall–Kier alpha value is -2.43. The molecular weight excluding hydrogens is 288 g/mol. The van der Waals surface area contributed by atoms with Gasteiger partial charge in [-0.2, -0.15) is 0 Å². The first-order valence-electron chi connectivity index (χ1n) is 7.08. The Morgan fingerprint density at radius 1 is 1.18 bits per heavy atom. The lowest BCUT2D eigenvalue weighted by atomic mass is 10.0. The lowest BCUT2D eigenvalue weighted by Crippen LogP contribution is -2.18. The van der Waals surface area contributed by atoms with Crippen molar-refractivity contribution in [2.75, 3.05) is 11.9 Å². The molecule has 0 saturated carbocycles. The molecule has 0 radical (unpaired) electrons. The Bertz CT molecular complexity index is 744. The van der Waals surface area contributed by atoms with Crippen LogP contribution >= 0.6 is 0 Å². The van der Waals surface area contributed by atoms with Gasteiger partial charge in [-0.05, 0) is 55.7 Å².